The van der Waals surface area contributed by atoms with E-state index in [4.69, 9.17) is 5.11 Å². The van der Waals surface area contributed by atoms with Crippen LogP contribution in [0.15, 0.2) is 17.5 Å². The molecule has 1 aromatic rings. The molecule has 0 bridgehead atoms. The van der Waals surface area contributed by atoms with Crippen LogP contribution in [0.1, 0.15) is 31.2 Å². The molecule has 0 aromatic carbocycles. The molecule has 74 valence electrons. The van der Waals surface area contributed by atoms with Crippen molar-refractivity contribution in [3.05, 3.63) is 22.4 Å². The van der Waals surface area contributed by atoms with Gasteiger partial charge in [-0.15, -0.1) is 11.3 Å². The minimum atomic E-state index is 0.173. The lowest BCUT2D eigenvalue weighted by molar-refractivity contribution is 0.240. The predicted octanol–water partition coefficient (Wildman–Crippen LogP) is 2.17. The molecule has 13 heavy (non-hydrogen) atoms. The highest BCUT2D eigenvalue weighted by molar-refractivity contribution is 7.10. The zero-order valence-corrected chi connectivity index (χ0v) is 8.97. The third-order valence-corrected chi connectivity index (χ3v) is 3.04. The topological polar surface area (TPSA) is 32.3 Å². The number of aliphatic hydroxyl groups excluding tert-OH is 1. The smallest absolute Gasteiger partial charge is 0.0582 e. The molecule has 0 aliphatic carbocycles. The number of hydrogen-bond donors (Lipinski definition) is 2. The fourth-order valence-corrected chi connectivity index (χ4v) is 2.16. The number of aliphatic hydroxyl groups is 1. The van der Waals surface area contributed by atoms with E-state index in [1.165, 1.54) is 4.88 Å². The van der Waals surface area contributed by atoms with Gasteiger partial charge in [-0.3, -0.25) is 0 Å². The lowest BCUT2D eigenvalue weighted by atomic mass is 10.1. The fourth-order valence-electron chi connectivity index (χ4n) is 1.29. The largest absolute Gasteiger partial charge is 0.395 e. The Morgan fingerprint density at radius 1 is 1.62 bits per heavy atom. The summed E-state index contributed by atoms with van der Waals surface area (Å²) in [7, 11) is 0. The minimum absolute atomic E-state index is 0.173. The molecule has 0 aliphatic rings. The monoisotopic (exact) mass is 199 g/mol. The molecule has 0 saturated heterocycles. The Bertz CT molecular complexity index is 223. The predicted molar refractivity (Wildman–Crippen MR) is 57.0 cm³/mol. The van der Waals surface area contributed by atoms with Crippen molar-refractivity contribution in [2.45, 2.75) is 32.4 Å². The molecule has 2 atom stereocenters. The van der Waals surface area contributed by atoms with Crippen LogP contribution >= 0.6 is 11.3 Å². The number of nitrogens with one attached hydrogen (secondary N) is 1. The molecule has 0 spiro atoms. The summed E-state index contributed by atoms with van der Waals surface area (Å²) < 4.78 is 0. The van der Waals surface area contributed by atoms with E-state index in [-0.39, 0.29) is 12.6 Å². The van der Waals surface area contributed by atoms with E-state index >= 15 is 0 Å². The Morgan fingerprint density at radius 3 is 2.85 bits per heavy atom. The maximum absolute atomic E-state index is 8.92. The van der Waals surface area contributed by atoms with Crippen LogP contribution in [0.5, 0.6) is 0 Å². The maximum atomic E-state index is 8.92. The zero-order valence-electron chi connectivity index (χ0n) is 8.16. The molecule has 1 aromatic heterocycles. The second-order valence-corrected chi connectivity index (χ2v) is 4.21. The molecule has 0 saturated carbocycles. The highest BCUT2D eigenvalue weighted by Gasteiger charge is 2.11. The molecule has 1 rings (SSSR count). The van der Waals surface area contributed by atoms with Gasteiger partial charge in [-0.2, -0.15) is 0 Å². The van der Waals surface area contributed by atoms with Gasteiger partial charge in [0, 0.05) is 17.0 Å². The van der Waals surface area contributed by atoms with Gasteiger partial charge in [-0.1, -0.05) is 13.0 Å². The molecule has 0 fully saturated rings. The van der Waals surface area contributed by atoms with E-state index in [0.29, 0.717) is 6.04 Å². The average molecular weight is 199 g/mol. The van der Waals surface area contributed by atoms with E-state index < -0.39 is 0 Å². The Kier molecular flexibility index (Phi) is 4.42. The first kappa shape index (κ1) is 10.7. The number of rotatable bonds is 5. The van der Waals surface area contributed by atoms with Crippen LogP contribution in [0.4, 0.5) is 0 Å². The molecular weight excluding hydrogens is 182 g/mol. The molecule has 0 aliphatic heterocycles. The van der Waals surface area contributed by atoms with Gasteiger partial charge >= 0.3 is 0 Å². The summed E-state index contributed by atoms with van der Waals surface area (Å²) in [5, 5.41) is 14.4. The Hall–Kier alpha value is -0.380. The van der Waals surface area contributed by atoms with Gasteiger partial charge in [0.25, 0.3) is 0 Å². The van der Waals surface area contributed by atoms with Crippen LogP contribution in [0.2, 0.25) is 0 Å². The van der Waals surface area contributed by atoms with Gasteiger partial charge in [-0.25, -0.2) is 0 Å². The highest BCUT2D eigenvalue weighted by Crippen LogP contribution is 2.21. The number of hydrogen-bond acceptors (Lipinski definition) is 3. The quantitative estimate of drug-likeness (QED) is 0.761. The first-order valence-electron chi connectivity index (χ1n) is 4.68. The van der Waals surface area contributed by atoms with Gasteiger partial charge < -0.3 is 10.4 Å². The van der Waals surface area contributed by atoms with E-state index in [0.717, 1.165) is 6.42 Å². The molecule has 2 N–H and O–H groups in total. The van der Waals surface area contributed by atoms with E-state index in [1.807, 2.05) is 6.92 Å². The van der Waals surface area contributed by atoms with Crippen molar-refractivity contribution in [3.63, 3.8) is 0 Å². The third-order valence-electron chi connectivity index (χ3n) is 2.05. The van der Waals surface area contributed by atoms with E-state index in [9.17, 15) is 0 Å². The van der Waals surface area contributed by atoms with Gasteiger partial charge in [-0.05, 0) is 24.8 Å². The summed E-state index contributed by atoms with van der Waals surface area (Å²) in [5.74, 6) is 0. The van der Waals surface area contributed by atoms with Crippen LogP contribution < -0.4 is 5.32 Å². The van der Waals surface area contributed by atoms with E-state index in [1.54, 1.807) is 11.3 Å². The van der Waals surface area contributed by atoms with Crippen molar-refractivity contribution in [3.8, 4) is 0 Å². The van der Waals surface area contributed by atoms with Crippen LogP contribution in [0, 0.1) is 0 Å². The summed E-state index contributed by atoms with van der Waals surface area (Å²) in [5.41, 5.74) is 0. The van der Waals surface area contributed by atoms with Crippen LogP contribution in [0.25, 0.3) is 0 Å². The molecule has 1 unspecified atom stereocenters. The minimum Gasteiger partial charge on any atom is -0.395 e. The molecule has 0 radical (unpaired) electrons. The van der Waals surface area contributed by atoms with Crippen LogP contribution in [0.3, 0.4) is 0 Å². The summed E-state index contributed by atoms with van der Waals surface area (Å²) in [6, 6.07) is 4.76. The Morgan fingerprint density at radius 2 is 2.38 bits per heavy atom. The fraction of sp³-hybridized carbons (Fsp3) is 0.600. The second kappa shape index (κ2) is 5.37. The van der Waals surface area contributed by atoms with Crippen molar-refractivity contribution in [2.75, 3.05) is 6.61 Å². The van der Waals surface area contributed by atoms with Gasteiger partial charge in [0.05, 0.1) is 6.61 Å². The normalized spacial score (nSPS) is 15.6. The standard InChI is InChI=1S/C10H17NOS/c1-3-9(11-8(2)7-12)10-5-4-6-13-10/h4-6,8-9,11-12H,3,7H2,1-2H3/t8-,9?/m1/s1. The maximum Gasteiger partial charge on any atom is 0.0582 e. The highest BCUT2D eigenvalue weighted by atomic mass is 32.1. The third kappa shape index (κ3) is 3.10. The number of thiophene rings is 1. The zero-order chi connectivity index (χ0) is 9.68. The second-order valence-electron chi connectivity index (χ2n) is 3.23. The summed E-state index contributed by atoms with van der Waals surface area (Å²) in [6.45, 7) is 4.35. The lowest BCUT2D eigenvalue weighted by Gasteiger charge is -2.19. The first-order valence-corrected chi connectivity index (χ1v) is 5.56. The molecular formula is C10H17NOS. The summed E-state index contributed by atoms with van der Waals surface area (Å²) >= 11 is 1.76. The van der Waals surface area contributed by atoms with Crippen LogP contribution in [-0.4, -0.2) is 17.8 Å². The summed E-state index contributed by atoms with van der Waals surface area (Å²) in [4.78, 5) is 1.35. The van der Waals surface area contributed by atoms with Crippen molar-refractivity contribution in [1.29, 1.82) is 0 Å². The molecule has 2 nitrogen and oxygen atoms in total. The Balaban J connectivity index is 2.53. The van der Waals surface area contributed by atoms with Crippen molar-refractivity contribution >= 4 is 11.3 Å². The van der Waals surface area contributed by atoms with Crippen LogP contribution in [-0.2, 0) is 0 Å². The summed E-state index contributed by atoms with van der Waals surface area (Å²) in [6.07, 6.45) is 1.06. The van der Waals surface area contributed by atoms with Crippen molar-refractivity contribution in [2.24, 2.45) is 0 Å². The van der Waals surface area contributed by atoms with Gasteiger partial charge in [0.2, 0.25) is 0 Å². The van der Waals surface area contributed by atoms with Gasteiger partial charge in [0.15, 0.2) is 0 Å². The first-order chi connectivity index (χ1) is 6.27. The average Bonchev–Trinajstić information content (AvgIpc) is 2.66. The van der Waals surface area contributed by atoms with Crippen molar-refractivity contribution in [1.82, 2.24) is 5.32 Å². The van der Waals surface area contributed by atoms with E-state index in [2.05, 4.69) is 29.8 Å². The van der Waals surface area contributed by atoms with Gasteiger partial charge in [0.1, 0.15) is 0 Å². The van der Waals surface area contributed by atoms with Crippen molar-refractivity contribution < 1.29 is 5.11 Å². The molecule has 1 heterocycles. The lowest BCUT2D eigenvalue weighted by Crippen LogP contribution is -2.32. The Labute approximate surface area is 83.6 Å². The SMILES string of the molecule is CCC(N[C@H](C)CO)c1cccs1. The molecule has 0 amide bonds. The molecule has 3 heteroatoms.